The second-order valence-corrected chi connectivity index (χ2v) is 8.68. The quantitative estimate of drug-likeness (QED) is 0.429. The highest BCUT2D eigenvalue weighted by Crippen LogP contribution is 2.32. The van der Waals surface area contributed by atoms with Gasteiger partial charge < -0.3 is 15.2 Å². The lowest BCUT2D eigenvalue weighted by atomic mass is 10.1. The van der Waals surface area contributed by atoms with E-state index in [0.29, 0.717) is 15.0 Å². The summed E-state index contributed by atoms with van der Waals surface area (Å²) in [6, 6.07) is 15.3. The van der Waals surface area contributed by atoms with Crippen LogP contribution in [0.5, 0.6) is 5.75 Å². The van der Waals surface area contributed by atoms with E-state index in [1.54, 1.807) is 37.5 Å². The van der Waals surface area contributed by atoms with Gasteiger partial charge in [0.05, 0.1) is 12.0 Å². The van der Waals surface area contributed by atoms with Gasteiger partial charge in [0.1, 0.15) is 16.1 Å². The van der Waals surface area contributed by atoms with Crippen molar-refractivity contribution >= 4 is 52.2 Å². The number of carboxylic acids is 1. The topological polar surface area (TPSA) is 95.9 Å². The molecular weight excluding hydrogens is 448 g/mol. The fraction of sp³-hybridized carbons (Fsp3) is 0.217. The molecule has 1 saturated heterocycles. The highest BCUT2D eigenvalue weighted by Gasteiger charge is 2.32. The molecule has 0 unspecified atom stereocenters. The number of methoxy groups -OCH3 is 1. The number of amides is 2. The number of thiocarbonyl (C=S) groups is 1. The number of benzene rings is 2. The Morgan fingerprint density at radius 1 is 1.19 bits per heavy atom. The summed E-state index contributed by atoms with van der Waals surface area (Å²) in [5.74, 6) is -1.13. The molecule has 0 radical (unpaired) electrons. The molecule has 1 heterocycles. The maximum Gasteiger partial charge on any atom is 0.326 e. The van der Waals surface area contributed by atoms with Gasteiger partial charge in [0, 0.05) is 19.4 Å². The molecule has 2 aromatic carbocycles. The van der Waals surface area contributed by atoms with E-state index in [-0.39, 0.29) is 25.3 Å². The predicted octanol–water partition coefficient (Wildman–Crippen LogP) is 3.10. The van der Waals surface area contributed by atoms with Gasteiger partial charge in [-0.1, -0.05) is 66.4 Å². The molecular formula is C23H22N2O5S2. The third kappa shape index (κ3) is 6.18. The van der Waals surface area contributed by atoms with Crippen LogP contribution < -0.4 is 10.1 Å². The van der Waals surface area contributed by atoms with Gasteiger partial charge in [-0.25, -0.2) is 4.79 Å². The molecule has 7 nitrogen and oxygen atoms in total. The fourth-order valence-electron chi connectivity index (χ4n) is 3.07. The zero-order valence-corrected chi connectivity index (χ0v) is 18.9. The van der Waals surface area contributed by atoms with E-state index < -0.39 is 17.9 Å². The van der Waals surface area contributed by atoms with Gasteiger partial charge in [0.25, 0.3) is 5.91 Å². The molecule has 1 aliphatic rings. The Balaban J connectivity index is 1.57. The Hall–Kier alpha value is -3.17. The van der Waals surface area contributed by atoms with E-state index in [1.807, 2.05) is 30.3 Å². The van der Waals surface area contributed by atoms with Crippen LogP contribution in [-0.2, 0) is 20.8 Å². The Morgan fingerprint density at radius 2 is 1.88 bits per heavy atom. The number of nitrogens with one attached hydrogen (secondary N) is 1. The first kappa shape index (κ1) is 23.5. The zero-order chi connectivity index (χ0) is 23.1. The minimum absolute atomic E-state index is 0.0547. The maximum atomic E-state index is 12.7. The van der Waals surface area contributed by atoms with E-state index in [1.165, 1.54) is 16.7 Å². The third-order valence-corrected chi connectivity index (χ3v) is 6.14. The van der Waals surface area contributed by atoms with Crippen molar-refractivity contribution in [1.29, 1.82) is 0 Å². The van der Waals surface area contributed by atoms with Gasteiger partial charge >= 0.3 is 5.97 Å². The normalized spacial score (nSPS) is 15.7. The van der Waals surface area contributed by atoms with Crippen molar-refractivity contribution in [2.24, 2.45) is 0 Å². The molecule has 166 valence electrons. The third-order valence-electron chi connectivity index (χ3n) is 4.77. The summed E-state index contributed by atoms with van der Waals surface area (Å²) in [5.41, 5.74) is 1.63. The first-order valence-corrected chi connectivity index (χ1v) is 11.1. The highest BCUT2D eigenvalue weighted by molar-refractivity contribution is 8.26. The van der Waals surface area contributed by atoms with E-state index in [4.69, 9.17) is 17.0 Å². The van der Waals surface area contributed by atoms with Crippen molar-refractivity contribution in [1.82, 2.24) is 10.2 Å². The molecule has 0 spiro atoms. The summed E-state index contributed by atoms with van der Waals surface area (Å²) in [6.45, 7) is 0.0775. The largest absolute Gasteiger partial charge is 0.497 e. The van der Waals surface area contributed by atoms with Gasteiger partial charge in [-0.15, -0.1) is 0 Å². The lowest BCUT2D eigenvalue weighted by Gasteiger charge is -2.17. The molecule has 1 aliphatic heterocycles. The summed E-state index contributed by atoms with van der Waals surface area (Å²) < 4.78 is 5.49. The molecule has 3 rings (SSSR count). The van der Waals surface area contributed by atoms with Gasteiger partial charge in [-0.2, -0.15) is 0 Å². The number of nitrogens with zero attached hydrogens (tertiary/aromatic N) is 1. The SMILES string of the molecule is COc1ccc(/C=C2/SC(=S)N(CCC(=O)N[C@@H](Cc3ccccc3)C(=O)O)C2=O)cc1. The standard InChI is InChI=1S/C23H22N2O5S2/c1-30-17-9-7-16(8-10-17)14-19-21(27)25(23(31)32-19)12-11-20(26)24-18(22(28)29)13-15-5-3-2-4-6-15/h2-10,14,18H,11-13H2,1H3,(H,24,26)(H,28,29)/b19-14+/t18-/m0/s1. The summed E-state index contributed by atoms with van der Waals surface area (Å²) in [7, 11) is 1.58. The molecule has 2 amide bonds. The minimum atomic E-state index is -1.12. The lowest BCUT2D eigenvalue weighted by Crippen LogP contribution is -2.43. The number of carbonyl (C=O) groups excluding carboxylic acids is 2. The maximum absolute atomic E-state index is 12.7. The Labute approximate surface area is 195 Å². The number of carbonyl (C=O) groups is 3. The molecule has 0 bridgehead atoms. The van der Waals surface area contributed by atoms with Gasteiger partial charge in [-0.05, 0) is 29.3 Å². The molecule has 2 N–H and O–H groups in total. The molecule has 1 atom stereocenters. The number of rotatable bonds is 9. The Morgan fingerprint density at radius 3 is 2.50 bits per heavy atom. The number of aliphatic carboxylic acids is 1. The number of hydrogen-bond acceptors (Lipinski definition) is 6. The number of thioether (sulfide) groups is 1. The van der Waals surface area contributed by atoms with Crippen LogP contribution in [0.4, 0.5) is 0 Å². The molecule has 0 aromatic heterocycles. The molecule has 32 heavy (non-hydrogen) atoms. The number of hydrogen-bond donors (Lipinski definition) is 2. The number of carboxylic acid groups (broad SMARTS) is 1. The van der Waals surface area contributed by atoms with Crippen LogP contribution in [-0.4, -0.2) is 51.8 Å². The van der Waals surface area contributed by atoms with E-state index in [9.17, 15) is 19.5 Å². The molecule has 2 aromatic rings. The predicted molar refractivity (Wildman–Crippen MR) is 127 cm³/mol. The zero-order valence-electron chi connectivity index (χ0n) is 17.3. The fourth-order valence-corrected chi connectivity index (χ4v) is 4.38. The van der Waals surface area contributed by atoms with Crippen LogP contribution in [0.2, 0.25) is 0 Å². The first-order chi connectivity index (χ1) is 15.4. The van der Waals surface area contributed by atoms with Crippen LogP contribution in [0.1, 0.15) is 17.5 Å². The monoisotopic (exact) mass is 470 g/mol. The molecule has 9 heteroatoms. The smallest absolute Gasteiger partial charge is 0.326 e. The van der Waals surface area contributed by atoms with E-state index in [0.717, 1.165) is 11.1 Å². The summed E-state index contributed by atoms with van der Waals surface area (Å²) >= 11 is 6.47. The minimum Gasteiger partial charge on any atom is -0.497 e. The van der Waals surface area contributed by atoms with E-state index >= 15 is 0 Å². The lowest BCUT2D eigenvalue weighted by molar-refractivity contribution is -0.141. The van der Waals surface area contributed by atoms with Crippen LogP contribution in [0.15, 0.2) is 59.5 Å². The van der Waals surface area contributed by atoms with Crippen LogP contribution in [0, 0.1) is 0 Å². The van der Waals surface area contributed by atoms with E-state index in [2.05, 4.69) is 5.32 Å². The molecule has 0 aliphatic carbocycles. The number of ether oxygens (including phenoxy) is 1. The van der Waals surface area contributed by atoms with Crippen molar-refractivity contribution in [2.45, 2.75) is 18.9 Å². The first-order valence-electron chi connectivity index (χ1n) is 9.83. The van der Waals surface area contributed by atoms with Gasteiger partial charge in [-0.3, -0.25) is 14.5 Å². The van der Waals surface area contributed by atoms with Gasteiger partial charge in [0.15, 0.2) is 0 Å². The van der Waals surface area contributed by atoms with Crippen molar-refractivity contribution in [3.05, 3.63) is 70.6 Å². The molecule has 1 fully saturated rings. The van der Waals surface area contributed by atoms with Crippen LogP contribution in [0.3, 0.4) is 0 Å². The van der Waals surface area contributed by atoms with Crippen molar-refractivity contribution in [3.63, 3.8) is 0 Å². The summed E-state index contributed by atoms with van der Waals surface area (Å²) in [6.07, 6.45) is 1.85. The van der Waals surface area contributed by atoms with Crippen molar-refractivity contribution in [3.8, 4) is 5.75 Å². The van der Waals surface area contributed by atoms with Crippen molar-refractivity contribution in [2.75, 3.05) is 13.7 Å². The summed E-state index contributed by atoms with van der Waals surface area (Å²) in [5, 5.41) is 12.0. The molecule has 0 saturated carbocycles. The second-order valence-electron chi connectivity index (χ2n) is 7.00. The van der Waals surface area contributed by atoms with Crippen molar-refractivity contribution < 1.29 is 24.2 Å². The van der Waals surface area contributed by atoms with Gasteiger partial charge in [0.2, 0.25) is 5.91 Å². The average molecular weight is 471 g/mol. The Bertz CT molecular complexity index is 1040. The van der Waals surface area contributed by atoms with Crippen LogP contribution >= 0.6 is 24.0 Å². The average Bonchev–Trinajstić information content (AvgIpc) is 3.05. The Kier molecular flexibility index (Phi) is 8.02. The highest BCUT2D eigenvalue weighted by atomic mass is 32.2. The summed E-state index contributed by atoms with van der Waals surface area (Å²) in [4.78, 5) is 38.5. The second kappa shape index (κ2) is 10.9. The van der Waals surface area contributed by atoms with Crippen LogP contribution in [0.25, 0.3) is 6.08 Å².